The first-order valence-electron chi connectivity index (χ1n) is 6.78. The van der Waals surface area contributed by atoms with Crippen molar-refractivity contribution in [2.75, 3.05) is 13.1 Å². The fraction of sp³-hybridized carbons (Fsp3) is 0.600. The van der Waals surface area contributed by atoms with Crippen LogP contribution in [-0.2, 0) is 6.42 Å². The van der Waals surface area contributed by atoms with Gasteiger partial charge in [-0.1, -0.05) is 43.1 Å². The Kier molecular flexibility index (Phi) is 7.73. The largest absolute Gasteiger partial charge is 0.317 e. The third kappa shape index (κ3) is 6.08. The van der Waals surface area contributed by atoms with E-state index in [9.17, 15) is 0 Å². The van der Waals surface area contributed by atoms with Crippen LogP contribution < -0.4 is 5.32 Å². The van der Waals surface area contributed by atoms with Gasteiger partial charge in [0.05, 0.1) is 0 Å². The van der Waals surface area contributed by atoms with Crippen molar-refractivity contribution in [3.8, 4) is 0 Å². The molecule has 0 aliphatic carbocycles. The predicted octanol–water partition coefficient (Wildman–Crippen LogP) is 4.95. The number of halogens is 2. The van der Waals surface area contributed by atoms with Gasteiger partial charge in [-0.25, -0.2) is 0 Å². The van der Waals surface area contributed by atoms with E-state index in [1.54, 1.807) is 0 Å². The van der Waals surface area contributed by atoms with Crippen LogP contribution in [0.1, 0.15) is 38.7 Å². The molecule has 0 aliphatic rings. The summed E-state index contributed by atoms with van der Waals surface area (Å²) in [5.41, 5.74) is 1.20. The van der Waals surface area contributed by atoms with E-state index in [1.165, 1.54) is 24.8 Å². The van der Waals surface area contributed by atoms with E-state index in [0.29, 0.717) is 5.02 Å². The molecule has 0 amide bonds. The minimum Gasteiger partial charge on any atom is -0.317 e. The summed E-state index contributed by atoms with van der Waals surface area (Å²) in [6.07, 6.45) is 4.64. The van der Waals surface area contributed by atoms with Crippen molar-refractivity contribution in [3.05, 3.63) is 33.8 Å². The van der Waals surface area contributed by atoms with Crippen LogP contribution in [0.2, 0.25) is 10.0 Å². The van der Waals surface area contributed by atoms with Crippen molar-refractivity contribution in [1.82, 2.24) is 5.32 Å². The molecule has 1 unspecified atom stereocenters. The molecule has 0 fully saturated rings. The van der Waals surface area contributed by atoms with Crippen LogP contribution in [0, 0.1) is 5.92 Å². The topological polar surface area (TPSA) is 12.0 Å². The molecule has 0 saturated heterocycles. The van der Waals surface area contributed by atoms with E-state index in [1.807, 2.05) is 18.2 Å². The Hall–Kier alpha value is -0.240. The summed E-state index contributed by atoms with van der Waals surface area (Å²) in [5.74, 6) is 0.723. The van der Waals surface area contributed by atoms with Crippen molar-refractivity contribution in [2.24, 2.45) is 5.92 Å². The van der Waals surface area contributed by atoms with Crippen molar-refractivity contribution < 1.29 is 0 Å². The maximum absolute atomic E-state index is 6.16. The zero-order chi connectivity index (χ0) is 13.4. The van der Waals surface area contributed by atoms with E-state index < -0.39 is 0 Å². The van der Waals surface area contributed by atoms with Gasteiger partial charge in [0.2, 0.25) is 0 Å². The Bertz CT molecular complexity index is 352. The molecule has 102 valence electrons. The lowest BCUT2D eigenvalue weighted by Crippen LogP contribution is -2.18. The highest BCUT2D eigenvalue weighted by Crippen LogP contribution is 2.23. The normalized spacial score (nSPS) is 12.7. The molecule has 1 atom stereocenters. The molecule has 0 radical (unpaired) electrons. The highest BCUT2D eigenvalue weighted by Gasteiger charge is 2.05. The molecule has 1 aromatic rings. The van der Waals surface area contributed by atoms with E-state index in [2.05, 4.69) is 19.2 Å². The fourth-order valence-corrected chi connectivity index (χ4v) is 2.42. The summed E-state index contributed by atoms with van der Waals surface area (Å²) < 4.78 is 0. The van der Waals surface area contributed by atoms with Gasteiger partial charge < -0.3 is 5.32 Å². The summed E-state index contributed by atoms with van der Waals surface area (Å²) in [6, 6.07) is 5.77. The van der Waals surface area contributed by atoms with Crippen LogP contribution in [0.5, 0.6) is 0 Å². The third-order valence-electron chi connectivity index (χ3n) is 3.16. The lowest BCUT2D eigenvalue weighted by atomic mass is 9.98. The number of hydrogen-bond donors (Lipinski definition) is 1. The van der Waals surface area contributed by atoms with Gasteiger partial charge in [0, 0.05) is 10.0 Å². The SMILES string of the molecule is CCCNCCC(C)CCc1ccc(Cl)cc1Cl. The standard InChI is InChI=1S/C15H23Cl2N/c1-3-9-18-10-8-12(2)4-5-13-6-7-14(16)11-15(13)17/h6-7,11-12,18H,3-5,8-10H2,1-2H3. The first kappa shape index (κ1) is 15.8. The van der Waals surface area contributed by atoms with Gasteiger partial charge in [-0.15, -0.1) is 0 Å². The van der Waals surface area contributed by atoms with Gasteiger partial charge >= 0.3 is 0 Å². The van der Waals surface area contributed by atoms with Crippen LogP contribution in [0.25, 0.3) is 0 Å². The lowest BCUT2D eigenvalue weighted by molar-refractivity contribution is 0.470. The number of rotatable bonds is 8. The number of benzene rings is 1. The Morgan fingerprint density at radius 1 is 1.17 bits per heavy atom. The smallest absolute Gasteiger partial charge is 0.0452 e. The molecule has 18 heavy (non-hydrogen) atoms. The molecule has 0 bridgehead atoms. The monoisotopic (exact) mass is 287 g/mol. The van der Waals surface area contributed by atoms with Crippen molar-refractivity contribution >= 4 is 23.2 Å². The van der Waals surface area contributed by atoms with Gasteiger partial charge in [0.25, 0.3) is 0 Å². The second-order valence-corrected chi connectivity index (χ2v) is 5.76. The van der Waals surface area contributed by atoms with Gasteiger partial charge in [-0.05, 0) is 62.4 Å². The zero-order valence-electron chi connectivity index (χ0n) is 11.3. The zero-order valence-corrected chi connectivity index (χ0v) is 12.8. The van der Waals surface area contributed by atoms with E-state index in [4.69, 9.17) is 23.2 Å². The molecular weight excluding hydrogens is 265 g/mol. The van der Waals surface area contributed by atoms with E-state index >= 15 is 0 Å². The molecular formula is C15H23Cl2N. The van der Waals surface area contributed by atoms with Gasteiger partial charge in [0.1, 0.15) is 0 Å². The average Bonchev–Trinajstić information content (AvgIpc) is 2.33. The Labute approximate surface area is 121 Å². The maximum Gasteiger partial charge on any atom is 0.0452 e. The summed E-state index contributed by atoms with van der Waals surface area (Å²) in [7, 11) is 0. The second kappa shape index (κ2) is 8.79. The minimum absolute atomic E-state index is 0.709. The maximum atomic E-state index is 6.16. The second-order valence-electron chi connectivity index (χ2n) is 4.92. The average molecular weight is 288 g/mol. The first-order valence-corrected chi connectivity index (χ1v) is 7.53. The van der Waals surface area contributed by atoms with Crippen LogP contribution in [0.3, 0.4) is 0 Å². The number of nitrogens with one attached hydrogen (secondary N) is 1. The molecule has 3 heteroatoms. The summed E-state index contributed by atoms with van der Waals surface area (Å²) >= 11 is 12.0. The predicted molar refractivity (Wildman–Crippen MR) is 81.7 cm³/mol. The van der Waals surface area contributed by atoms with Crippen LogP contribution >= 0.6 is 23.2 Å². The van der Waals surface area contributed by atoms with Crippen LogP contribution in [0.15, 0.2) is 18.2 Å². The number of aryl methyl sites for hydroxylation is 1. The summed E-state index contributed by atoms with van der Waals surface area (Å²) in [6.45, 7) is 6.73. The highest BCUT2D eigenvalue weighted by atomic mass is 35.5. The minimum atomic E-state index is 0.709. The van der Waals surface area contributed by atoms with Gasteiger partial charge in [-0.3, -0.25) is 0 Å². The van der Waals surface area contributed by atoms with Crippen molar-refractivity contribution in [1.29, 1.82) is 0 Å². The third-order valence-corrected chi connectivity index (χ3v) is 3.75. The molecule has 0 saturated carbocycles. The molecule has 1 aromatic carbocycles. The van der Waals surface area contributed by atoms with Crippen molar-refractivity contribution in [2.45, 2.75) is 39.5 Å². The quantitative estimate of drug-likeness (QED) is 0.667. The summed E-state index contributed by atoms with van der Waals surface area (Å²) in [5, 5.41) is 4.94. The van der Waals surface area contributed by atoms with E-state index in [-0.39, 0.29) is 0 Å². The molecule has 1 rings (SSSR count). The Balaban J connectivity index is 2.27. The molecule has 0 aromatic heterocycles. The van der Waals surface area contributed by atoms with Crippen LogP contribution in [0.4, 0.5) is 0 Å². The molecule has 0 heterocycles. The lowest BCUT2D eigenvalue weighted by Gasteiger charge is -2.12. The van der Waals surface area contributed by atoms with E-state index in [0.717, 1.165) is 30.5 Å². The molecule has 0 spiro atoms. The highest BCUT2D eigenvalue weighted by molar-refractivity contribution is 6.35. The molecule has 1 nitrogen and oxygen atoms in total. The van der Waals surface area contributed by atoms with Crippen LogP contribution in [-0.4, -0.2) is 13.1 Å². The molecule has 1 N–H and O–H groups in total. The van der Waals surface area contributed by atoms with Crippen molar-refractivity contribution in [3.63, 3.8) is 0 Å². The fourth-order valence-electron chi connectivity index (χ4n) is 1.92. The summed E-state index contributed by atoms with van der Waals surface area (Å²) in [4.78, 5) is 0. The first-order chi connectivity index (χ1) is 8.63. The Morgan fingerprint density at radius 2 is 1.94 bits per heavy atom. The number of hydrogen-bond acceptors (Lipinski definition) is 1. The van der Waals surface area contributed by atoms with Gasteiger partial charge in [-0.2, -0.15) is 0 Å². The Morgan fingerprint density at radius 3 is 2.61 bits per heavy atom. The molecule has 0 aliphatic heterocycles. The van der Waals surface area contributed by atoms with Gasteiger partial charge in [0.15, 0.2) is 0 Å².